The van der Waals surface area contributed by atoms with Crippen molar-refractivity contribution < 1.29 is 10.2 Å². The van der Waals surface area contributed by atoms with Crippen LogP contribution in [-0.4, -0.2) is 29.5 Å². The molecule has 4 rings (SSSR count). The summed E-state index contributed by atoms with van der Waals surface area (Å²) in [5, 5.41) is 24.3. The molecule has 3 heteroatoms. The first kappa shape index (κ1) is 22.3. The van der Waals surface area contributed by atoms with Gasteiger partial charge in [0.1, 0.15) is 0 Å². The molecule has 1 aromatic carbocycles. The van der Waals surface area contributed by atoms with Crippen LogP contribution in [-0.2, 0) is 6.54 Å². The standard InChI is InChI=1S/C27H43NO2/c1-19-6-8-20(9-7-19)16-28-17-23-24-5-4-12-26(24,2)13-11-25(23)27(3)14-10-22(30)15-21(27)18-29/h6-9,21-25,28-30H,4-5,10-18H2,1-3H3/t21-,22+,23+,24+,25+,26+,27+/m1/s1. The van der Waals surface area contributed by atoms with E-state index in [2.05, 4.69) is 50.4 Å². The molecule has 0 saturated heterocycles. The van der Waals surface area contributed by atoms with Crippen LogP contribution in [0, 0.1) is 41.4 Å². The van der Waals surface area contributed by atoms with E-state index in [1.807, 2.05) is 0 Å². The van der Waals surface area contributed by atoms with Gasteiger partial charge >= 0.3 is 0 Å². The molecule has 30 heavy (non-hydrogen) atoms. The molecule has 168 valence electrons. The zero-order chi connectivity index (χ0) is 21.4. The summed E-state index contributed by atoms with van der Waals surface area (Å²) in [6.45, 7) is 9.36. The first-order valence-electron chi connectivity index (χ1n) is 12.4. The maximum absolute atomic E-state index is 10.3. The van der Waals surface area contributed by atoms with E-state index in [1.165, 1.54) is 43.2 Å². The third-order valence-electron chi connectivity index (χ3n) is 9.62. The van der Waals surface area contributed by atoms with E-state index in [0.29, 0.717) is 17.3 Å². The average molecular weight is 414 g/mol. The Bertz CT molecular complexity index is 703. The molecule has 0 heterocycles. The second-order valence-corrected chi connectivity index (χ2v) is 11.4. The van der Waals surface area contributed by atoms with Crippen molar-refractivity contribution in [2.75, 3.05) is 13.2 Å². The van der Waals surface area contributed by atoms with Crippen molar-refractivity contribution in [3.05, 3.63) is 35.4 Å². The fourth-order valence-corrected chi connectivity index (χ4v) is 7.64. The number of aliphatic hydroxyl groups is 2. The van der Waals surface area contributed by atoms with Gasteiger partial charge in [-0.1, -0.05) is 50.1 Å². The SMILES string of the molecule is Cc1ccc(CNC[C@H]2[C@@H]3CCC[C@@]3(C)CC[C@@H]2[C@@]2(C)CC[C@H](O)C[C@@H]2CO)cc1. The minimum Gasteiger partial charge on any atom is -0.396 e. The van der Waals surface area contributed by atoms with E-state index in [-0.39, 0.29) is 24.0 Å². The normalized spacial score (nSPS) is 41.6. The number of benzene rings is 1. The van der Waals surface area contributed by atoms with E-state index >= 15 is 0 Å². The number of aryl methyl sites for hydroxylation is 1. The molecule has 0 aliphatic heterocycles. The highest BCUT2D eigenvalue weighted by Gasteiger charge is 2.55. The van der Waals surface area contributed by atoms with Crippen molar-refractivity contribution in [1.29, 1.82) is 0 Å². The first-order valence-corrected chi connectivity index (χ1v) is 12.4. The summed E-state index contributed by atoms with van der Waals surface area (Å²) in [6, 6.07) is 8.89. The lowest BCUT2D eigenvalue weighted by atomic mass is 9.49. The van der Waals surface area contributed by atoms with Gasteiger partial charge in [0.05, 0.1) is 6.10 Å². The van der Waals surface area contributed by atoms with E-state index in [9.17, 15) is 10.2 Å². The Kier molecular flexibility index (Phi) is 6.63. The summed E-state index contributed by atoms with van der Waals surface area (Å²) in [4.78, 5) is 0. The van der Waals surface area contributed by atoms with Crippen LogP contribution in [0.1, 0.15) is 76.3 Å². The van der Waals surface area contributed by atoms with E-state index in [0.717, 1.165) is 38.3 Å². The Morgan fingerprint density at radius 2 is 1.77 bits per heavy atom. The van der Waals surface area contributed by atoms with Crippen molar-refractivity contribution in [3.8, 4) is 0 Å². The summed E-state index contributed by atoms with van der Waals surface area (Å²) in [5.74, 6) is 2.34. The van der Waals surface area contributed by atoms with E-state index in [4.69, 9.17) is 0 Å². The molecule has 0 aromatic heterocycles. The van der Waals surface area contributed by atoms with Gasteiger partial charge < -0.3 is 15.5 Å². The van der Waals surface area contributed by atoms with Gasteiger partial charge in [0, 0.05) is 13.2 Å². The zero-order valence-electron chi connectivity index (χ0n) is 19.4. The Hall–Kier alpha value is -0.900. The maximum atomic E-state index is 10.3. The van der Waals surface area contributed by atoms with Crippen LogP contribution < -0.4 is 5.32 Å². The largest absolute Gasteiger partial charge is 0.396 e. The molecule has 0 bridgehead atoms. The summed E-state index contributed by atoms with van der Waals surface area (Å²) in [7, 11) is 0. The minimum absolute atomic E-state index is 0.147. The van der Waals surface area contributed by atoms with Crippen LogP contribution in [0.4, 0.5) is 0 Å². The number of fused-ring (bicyclic) bond motifs is 1. The van der Waals surface area contributed by atoms with Gasteiger partial charge in [-0.25, -0.2) is 0 Å². The van der Waals surface area contributed by atoms with Gasteiger partial charge in [-0.2, -0.15) is 0 Å². The molecule has 3 aliphatic carbocycles. The lowest BCUT2D eigenvalue weighted by Gasteiger charge is -2.56. The predicted molar refractivity (Wildman–Crippen MR) is 123 cm³/mol. The summed E-state index contributed by atoms with van der Waals surface area (Å²) in [6.07, 6.45) is 9.26. The minimum atomic E-state index is -0.228. The molecular formula is C27H43NO2. The fraction of sp³-hybridized carbons (Fsp3) is 0.778. The second-order valence-electron chi connectivity index (χ2n) is 11.4. The van der Waals surface area contributed by atoms with Crippen molar-refractivity contribution in [2.24, 2.45) is 34.5 Å². The number of rotatable bonds is 6. The van der Waals surface area contributed by atoms with Gasteiger partial charge in [-0.3, -0.25) is 0 Å². The van der Waals surface area contributed by atoms with Gasteiger partial charge in [0.25, 0.3) is 0 Å². The quantitative estimate of drug-likeness (QED) is 0.610. The lowest BCUT2D eigenvalue weighted by molar-refractivity contribution is -0.0973. The third-order valence-corrected chi connectivity index (χ3v) is 9.62. The van der Waals surface area contributed by atoms with Crippen molar-refractivity contribution >= 4 is 0 Å². The molecule has 0 radical (unpaired) electrons. The molecule has 0 spiro atoms. The highest BCUT2D eigenvalue weighted by molar-refractivity contribution is 5.21. The highest BCUT2D eigenvalue weighted by atomic mass is 16.3. The summed E-state index contributed by atoms with van der Waals surface area (Å²) in [5.41, 5.74) is 3.33. The van der Waals surface area contributed by atoms with Crippen LogP contribution >= 0.6 is 0 Å². The number of aliphatic hydroxyl groups excluding tert-OH is 2. The Balaban J connectivity index is 1.53. The first-order chi connectivity index (χ1) is 14.4. The monoisotopic (exact) mass is 413 g/mol. The van der Waals surface area contributed by atoms with Gasteiger partial charge in [0.15, 0.2) is 0 Å². The summed E-state index contributed by atoms with van der Waals surface area (Å²) < 4.78 is 0. The molecule has 1 aromatic rings. The molecule has 3 aliphatic rings. The Morgan fingerprint density at radius 3 is 2.50 bits per heavy atom. The zero-order valence-corrected chi connectivity index (χ0v) is 19.4. The molecule has 3 nitrogen and oxygen atoms in total. The molecule has 7 atom stereocenters. The molecule has 0 unspecified atom stereocenters. The fourth-order valence-electron chi connectivity index (χ4n) is 7.64. The van der Waals surface area contributed by atoms with Gasteiger partial charge in [0.2, 0.25) is 0 Å². The predicted octanol–water partition coefficient (Wildman–Crippen LogP) is 5.08. The summed E-state index contributed by atoms with van der Waals surface area (Å²) >= 11 is 0. The third kappa shape index (κ3) is 4.23. The molecule has 3 fully saturated rings. The van der Waals surface area contributed by atoms with E-state index < -0.39 is 0 Å². The van der Waals surface area contributed by atoms with Crippen molar-refractivity contribution in [1.82, 2.24) is 5.32 Å². The molecular weight excluding hydrogens is 370 g/mol. The Morgan fingerprint density at radius 1 is 1.00 bits per heavy atom. The van der Waals surface area contributed by atoms with Crippen LogP contribution in [0.2, 0.25) is 0 Å². The van der Waals surface area contributed by atoms with Crippen LogP contribution in [0.25, 0.3) is 0 Å². The Labute approximate surface area is 183 Å². The highest BCUT2D eigenvalue weighted by Crippen LogP contribution is 2.62. The lowest BCUT2D eigenvalue weighted by Crippen LogP contribution is -2.53. The topological polar surface area (TPSA) is 52.5 Å². The van der Waals surface area contributed by atoms with Gasteiger partial charge in [-0.05, 0) is 98.5 Å². The number of nitrogens with one attached hydrogen (secondary N) is 1. The maximum Gasteiger partial charge on any atom is 0.0544 e. The number of hydrogen-bond donors (Lipinski definition) is 3. The van der Waals surface area contributed by atoms with E-state index in [1.54, 1.807) is 0 Å². The van der Waals surface area contributed by atoms with Crippen LogP contribution in [0.3, 0.4) is 0 Å². The molecule has 3 saturated carbocycles. The van der Waals surface area contributed by atoms with Gasteiger partial charge in [-0.15, -0.1) is 0 Å². The van der Waals surface area contributed by atoms with Crippen LogP contribution in [0.5, 0.6) is 0 Å². The molecule has 3 N–H and O–H groups in total. The van der Waals surface area contributed by atoms with Crippen molar-refractivity contribution in [3.63, 3.8) is 0 Å². The second kappa shape index (κ2) is 8.92. The van der Waals surface area contributed by atoms with Crippen molar-refractivity contribution in [2.45, 2.75) is 84.8 Å². The average Bonchev–Trinajstić information content (AvgIpc) is 3.13. The number of hydrogen-bond acceptors (Lipinski definition) is 3. The molecule has 0 amide bonds. The smallest absolute Gasteiger partial charge is 0.0544 e. The van der Waals surface area contributed by atoms with Crippen LogP contribution in [0.15, 0.2) is 24.3 Å².